The second-order valence-electron chi connectivity index (χ2n) is 3.05. The Morgan fingerprint density at radius 2 is 2.31 bits per heavy atom. The van der Waals surface area contributed by atoms with Crippen molar-refractivity contribution < 1.29 is 4.79 Å². The molecule has 0 aromatic heterocycles. The number of benzene rings is 1. The van der Waals surface area contributed by atoms with E-state index in [2.05, 4.69) is 10.6 Å². The Bertz CT molecular complexity index is 451. The highest BCUT2D eigenvalue weighted by molar-refractivity contribution is 7.80. The molecule has 0 unspecified atom stereocenters. The van der Waals surface area contributed by atoms with Crippen LogP contribution in [0.15, 0.2) is 24.3 Å². The summed E-state index contributed by atoms with van der Waals surface area (Å²) in [6.45, 7) is 1.74. The molecular weight excluding hydrogens is 222 g/mol. The first-order valence-corrected chi connectivity index (χ1v) is 5.17. The Morgan fingerprint density at radius 1 is 1.56 bits per heavy atom. The van der Waals surface area contributed by atoms with E-state index in [0.29, 0.717) is 17.7 Å². The first kappa shape index (κ1) is 12.1. The van der Waals surface area contributed by atoms with Gasteiger partial charge in [-0.25, -0.2) is 0 Å². The monoisotopic (exact) mass is 233 g/mol. The molecule has 82 valence electrons. The molecule has 1 rings (SSSR count). The van der Waals surface area contributed by atoms with Crippen LogP contribution in [0, 0.1) is 11.3 Å². The van der Waals surface area contributed by atoms with E-state index in [9.17, 15) is 4.79 Å². The summed E-state index contributed by atoms with van der Waals surface area (Å²) in [6.07, 6.45) is 0.375. The topological polar surface area (TPSA) is 64.9 Å². The summed E-state index contributed by atoms with van der Waals surface area (Å²) in [4.78, 5) is 11.0. The van der Waals surface area contributed by atoms with Crippen LogP contribution >= 0.6 is 12.2 Å². The minimum atomic E-state index is -0.145. The standard InChI is InChI=1S/C11H11N3OS/c1-2-10(15)14-11(16)13-9-5-3-4-8(6-9)7-12/h3-6H,2H2,1H3,(H2,13,14,15,16). The van der Waals surface area contributed by atoms with Crippen molar-refractivity contribution in [3.8, 4) is 6.07 Å². The van der Waals surface area contributed by atoms with Crippen LogP contribution in [-0.4, -0.2) is 11.0 Å². The van der Waals surface area contributed by atoms with Crippen LogP contribution in [0.5, 0.6) is 0 Å². The lowest BCUT2D eigenvalue weighted by molar-refractivity contribution is -0.119. The maximum atomic E-state index is 11.0. The maximum absolute atomic E-state index is 11.0. The van der Waals surface area contributed by atoms with E-state index < -0.39 is 0 Å². The molecule has 16 heavy (non-hydrogen) atoms. The van der Waals surface area contributed by atoms with Gasteiger partial charge in [0.25, 0.3) is 0 Å². The summed E-state index contributed by atoms with van der Waals surface area (Å²) < 4.78 is 0. The van der Waals surface area contributed by atoms with Crippen LogP contribution in [-0.2, 0) is 4.79 Å². The first-order valence-electron chi connectivity index (χ1n) is 4.76. The molecule has 0 atom stereocenters. The average Bonchev–Trinajstić information content (AvgIpc) is 2.28. The molecule has 0 radical (unpaired) electrons. The number of amides is 1. The number of rotatable bonds is 2. The van der Waals surface area contributed by atoms with Gasteiger partial charge in [0.05, 0.1) is 11.6 Å². The van der Waals surface area contributed by atoms with Gasteiger partial charge in [0.15, 0.2) is 5.11 Å². The van der Waals surface area contributed by atoms with Gasteiger partial charge in [-0.1, -0.05) is 13.0 Å². The zero-order chi connectivity index (χ0) is 12.0. The van der Waals surface area contributed by atoms with E-state index in [4.69, 9.17) is 17.5 Å². The van der Waals surface area contributed by atoms with Crippen LogP contribution in [0.25, 0.3) is 0 Å². The minimum Gasteiger partial charge on any atom is -0.332 e. The molecule has 4 nitrogen and oxygen atoms in total. The Labute approximate surface area is 99.3 Å². The lowest BCUT2D eigenvalue weighted by atomic mass is 10.2. The van der Waals surface area contributed by atoms with Gasteiger partial charge in [0, 0.05) is 12.1 Å². The average molecular weight is 233 g/mol. The molecule has 2 N–H and O–H groups in total. The summed E-state index contributed by atoms with van der Waals surface area (Å²) in [5.74, 6) is -0.145. The summed E-state index contributed by atoms with van der Waals surface area (Å²) >= 11 is 4.93. The third-order valence-corrected chi connectivity index (χ3v) is 2.03. The van der Waals surface area contributed by atoms with Gasteiger partial charge < -0.3 is 10.6 Å². The van der Waals surface area contributed by atoms with Gasteiger partial charge in [-0.2, -0.15) is 5.26 Å². The van der Waals surface area contributed by atoms with Crippen LogP contribution in [0.3, 0.4) is 0 Å². The van der Waals surface area contributed by atoms with Crippen molar-refractivity contribution in [3.05, 3.63) is 29.8 Å². The summed E-state index contributed by atoms with van der Waals surface area (Å²) in [5.41, 5.74) is 1.22. The summed E-state index contributed by atoms with van der Waals surface area (Å²) in [6, 6.07) is 8.88. The number of nitriles is 1. The second kappa shape index (κ2) is 5.83. The molecule has 0 saturated heterocycles. The lowest BCUT2D eigenvalue weighted by Crippen LogP contribution is -2.33. The fourth-order valence-electron chi connectivity index (χ4n) is 1.04. The van der Waals surface area contributed by atoms with Crippen LogP contribution in [0.1, 0.15) is 18.9 Å². The largest absolute Gasteiger partial charge is 0.332 e. The van der Waals surface area contributed by atoms with E-state index in [1.165, 1.54) is 0 Å². The third-order valence-electron chi connectivity index (χ3n) is 1.82. The van der Waals surface area contributed by atoms with Gasteiger partial charge in [-0.3, -0.25) is 4.79 Å². The number of carbonyl (C=O) groups is 1. The minimum absolute atomic E-state index is 0.145. The van der Waals surface area contributed by atoms with E-state index in [-0.39, 0.29) is 11.0 Å². The van der Waals surface area contributed by atoms with Crippen molar-refractivity contribution in [2.24, 2.45) is 0 Å². The van der Waals surface area contributed by atoms with Gasteiger partial charge in [-0.05, 0) is 30.4 Å². The van der Waals surface area contributed by atoms with E-state index in [0.717, 1.165) is 0 Å². The molecule has 0 aliphatic rings. The highest BCUT2D eigenvalue weighted by Gasteiger charge is 2.02. The Balaban J connectivity index is 2.63. The zero-order valence-corrected chi connectivity index (χ0v) is 9.60. The quantitative estimate of drug-likeness (QED) is 0.764. The fraction of sp³-hybridized carbons (Fsp3) is 0.182. The highest BCUT2D eigenvalue weighted by atomic mass is 32.1. The number of nitrogens with one attached hydrogen (secondary N) is 2. The van der Waals surface area contributed by atoms with Crippen LogP contribution in [0.2, 0.25) is 0 Å². The molecule has 0 spiro atoms. The number of nitrogens with zero attached hydrogens (tertiary/aromatic N) is 1. The molecule has 1 aromatic rings. The normalized spacial score (nSPS) is 9.00. The number of hydrogen-bond donors (Lipinski definition) is 2. The van der Waals surface area contributed by atoms with E-state index in [1.807, 2.05) is 6.07 Å². The predicted octanol–water partition coefficient (Wildman–Crippen LogP) is 1.78. The SMILES string of the molecule is CCC(=O)NC(=S)Nc1cccc(C#N)c1. The Morgan fingerprint density at radius 3 is 2.94 bits per heavy atom. The predicted molar refractivity (Wildman–Crippen MR) is 65.8 cm³/mol. The van der Waals surface area contributed by atoms with Gasteiger partial charge in [0.2, 0.25) is 5.91 Å². The molecule has 1 amide bonds. The molecule has 0 fully saturated rings. The van der Waals surface area contributed by atoms with E-state index in [1.54, 1.807) is 31.2 Å². The number of anilines is 1. The molecule has 0 heterocycles. The van der Waals surface area contributed by atoms with Crippen molar-refractivity contribution in [1.82, 2.24) is 5.32 Å². The highest BCUT2D eigenvalue weighted by Crippen LogP contribution is 2.09. The lowest BCUT2D eigenvalue weighted by Gasteiger charge is -2.08. The molecule has 0 saturated carbocycles. The maximum Gasteiger partial charge on any atom is 0.225 e. The van der Waals surface area contributed by atoms with Gasteiger partial charge in [-0.15, -0.1) is 0 Å². The fourth-order valence-corrected chi connectivity index (χ4v) is 1.28. The second-order valence-corrected chi connectivity index (χ2v) is 3.46. The van der Waals surface area contributed by atoms with Crippen LogP contribution < -0.4 is 10.6 Å². The van der Waals surface area contributed by atoms with Crippen molar-refractivity contribution in [2.45, 2.75) is 13.3 Å². The van der Waals surface area contributed by atoms with E-state index >= 15 is 0 Å². The van der Waals surface area contributed by atoms with Gasteiger partial charge in [0.1, 0.15) is 0 Å². The van der Waals surface area contributed by atoms with Crippen molar-refractivity contribution in [2.75, 3.05) is 5.32 Å². The summed E-state index contributed by atoms with van der Waals surface area (Å²) in [7, 11) is 0. The number of hydrogen-bond acceptors (Lipinski definition) is 3. The van der Waals surface area contributed by atoms with Gasteiger partial charge >= 0.3 is 0 Å². The van der Waals surface area contributed by atoms with Crippen molar-refractivity contribution in [1.29, 1.82) is 5.26 Å². The third kappa shape index (κ3) is 3.67. The molecular formula is C11H11N3OS. The molecule has 0 aliphatic heterocycles. The number of thiocarbonyl (C=S) groups is 1. The Hall–Kier alpha value is -1.93. The van der Waals surface area contributed by atoms with Crippen LogP contribution in [0.4, 0.5) is 5.69 Å². The molecule has 5 heteroatoms. The first-order chi connectivity index (χ1) is 7.65. The Kier molecular flexibility index (Phi) is 4.42. The molecule has 1 aromatic carbocycles. The molecule has 0 bridgehead atoms. The summed E-state index contributed by atoms with van der Waals surface area (Å²) in [5, 5.41) is 14.3. The van der Waals surface area contributed by atoms with Crippen molar-refractivity contribution >= 4 is 28.9 Å². The smallest absolute Gasteiger partial charge is 0.225 e. The number of carbonyl (C=O) groups excluding carboxylic acids is 1. The van der Waals surface area contributed by atoms with Crippen molar-refractivity contribution in [3.63, 3.8) is 0 Å². The molecule has 0 aliphatic carbocycles. The zero-order valence-electron chi connectivity index (χ0n) is 8.78.